The van der Waals surface area contributed by atoms with Gasteiger partial charge in [0.05, 0.1) is 0 Å². The normalized spacial score (nSPS) is 12.9. The highest BCUT2D eigenvalue weighted by atomic mass is 79.9. The second kappa shape index (κ2) is 4.75. The smallest absolute Gasteiger partial charge is 0.126 e. The van der Waals surface area contributed by atoms with E-state index in [2.05, 4.69) is 22.9 Å². The lowest BCUT2D eigenvalue weighted by molar-refractivity contribution is 0.615. The summed E-state index contributed by atoms with van der Waals surface area (Å²) in [5.41, 5.74) is 1.95. The van der Waals surface area contributed by atoms with Gasteiger partial charge in [-0.3, -0.25) is 0 Å². The quantitative estimate of drug-likeness (QED) is 0.705. The summed E-state index contributed by atoms with van der Waals surface area (Å²) in [6.07, 6.45) is 1.08. The highest BCUT2D eigenvalue weighted by molar-refractivity contribution is 9.09. The number of hydrogen-bond acceptors (Lipinski definition) is 0. The zero-order chi connectivity index (χ0) is 9.84. The predicted octanol–water partition coefficient (Wildman–Crippen LogP) is 4.02. The maximum Gasteiger partial charge on any atom is 0.126 e. The molecular formula is C11H14BrF. The minimum atomic E-state index is -0.117. The molecular weight excluding hydrogens is 231 g/mol. The Balaban J connectivity index is 2.95. The van der Waals surface area contributed by atoms with Crippen LogP contribution in [0.2, 0.25) is 0 Å². The molecule has 0 nitrogen and oxygen atoms in total. The van der Waals surface area contributed by atoms with Crippen LogP contribution in [-0.4, -0.2) is 5.33 Å². The molecule has 0 aliphatic carbocycles. The van der Waals surface area contributed by atoms with E-state index >= 15 is 0 Å². The van der Waals surface area contributed by atoms with E-state index in [0.29, 0.717) is 5.92 Å². The topological polar surface area (TPSA) is 0 Å². The third-order valence-electron chi connectivity index (χ3n) is 2.33. The van der Waals surface area contributed by atoms with Crippen molar-refractivity contribution in [2.24, 2.45) is 0 Å². The van der Waals surface area contributed by atoms with Crippen molar-refractivity contribution >= 4 is 15.9 Å². The Morgan fingerprint density at radius 1 is 1.46 bits per heavy atom. The first-order valence-electron chi connectivity index (χ1n) is 4.51. The minimum absolute atomic E-state index is 0.117. The summed E-state index contributed by atoms with van der Waals surface area (Å²) in [4.78, 5) is 0. The van der Waals surface area contributed by atoms with E-state index in [-0.39, 0.29) is 5.82 Å². The molecule has 72 valence electrons. The van der Waals surface area contributed by atoms with Gasteiger partial charge >= 0.3 is 0 Å². The molecule has 0 aliphatic heterocycles. The van der Waals surface area contributed by atoms with Crippen molar-refractivity contribution in [3.05, 3.63) is 35.1 Å². The average molecular weight is 245 g/mol. The third-order valence-corrected chi connectivity index (χ3v) is 3.11. The first-order valence-corrected chi connectivity index (χ1v) is 5.63. The zero-order valence-corrected chi connectivity index (χ0v) is 9.57. The standard InChI is InChI=1S/C11H14BrF/c1-3-9(7-12)10-4-5-11(13)8(2)6-10/h4-6,9H,3,7H2,1-2H3. The monoisotopic (exact) mass is 244 g/mol. The predicted molar refractivity (Wildman–Crippen MR) is 58.0 cm³/mol. The van der Waals surface area contributed by atoms with Crippen molar-refractivity contribution in [3.8, 4) is 0 Å². The molecule has 0 bridgehead atoms. The van der Waals surface area contributed by atoms with Gasteiger partial charge in [0.25, 0.3) is 0 Å². The second-order valence-corrected chi connectivity index (χ2v) is 3.92. The van der Waals surface area contributed by atoms with Crippen molar-refractivity contribution in [2.45, 2.75) is 26.2 Å². The molecule has 0 saturated heterocycles. The van der Waals surface area contributed by atoms with E-state index in [0.717, 1.165) is 17.3 Å². The highest BCUT2D eigenvalue weighted by Crippen LogP contribution is 2.23. The molecule has 0 aromatic heterocycles. The first-order chi connectivity index (χ1) is 6.19. The molecule has 2 heteroatoms. The van der Waals surface area contributed by atoms with Crippen LogP contribution in [0.3, 0.4) is 0 Å². The first kappa shape index (κ1) is 10.7. The van der Waals surface area contributed by atoms with Crippen LogP contribution in [0, 0.1) is 12.7 Å². The Hall–Kier alpha value is -0.370. The highest BCUT2D eigenvalue weighted by Gasteiger charge is 2.08. The van der Waals surface area contributed by atoms with E-state index < -0.39 is 0 Å². The molecule has 0 heterocycles. The summed E-state index contributed by atoms with van der Waals surface area (Å²) in [6, 6.07) is 5.36. The van der Waals surface area contributed by atoms with Crippen LogP contribution in [0.1, 0.15) is 30.4 Å². The van der Waals surface area contributed by atoms with Gasteiger partial charge < -0.3 is 0 Å². The van der Waals surface area contributed by atoms with E-state index in [4.69, 9.17) is 0 Å². The van der Waals surface area contributed by atoms with Crippen LogP contribution >= 0.6 is 15.9 Å². The van der Waals surface area contributed by atoms with Crippen LogP contribution in [-0.2, 0) is 0 Å². The maximum absolute atomic E-state index is 13.0. The molecule has 13 heavy (non-hydrogen) atoms. The molecule has 1 rings (SSSR count). The van der Waals surface area contributed by atoms with Gasteiger partial charge in [-0.25, -0.2) is 4.39 Å². The third kappa shape index (κ3) is 2.53. The Labute approximate surface area is 87.3 Å². The van der Waals surface area contributed by atoms with Gasteiger partial charge in [-0.1, -0.05) is 35.0 Å². The molecule has 0 fully saturated rings. The van der Waals surface area contributed by atoms with Crippen LogP contribution in [0.4, 0.5) is 4.39 Å². The van der Waals surface area contributed by atoms with Crippen molar-refractivity contribution in [3.63, 3.8) is 0 Å². The number of hydrogen-bond donors (Lipinski definition) is 0. The Morgan fingerprint density at radius 3 is 2.62 bits per heavy atom. The number of halogens is 2. The van der Waals surface area contributed by atoms with E-state index in [9.17, 15) is 4.39 Å². The van der Waals surface area contributed by atoms with Gasteiger partial charge in [-0.15, -0.1) is 0 Å². The summed E-state index contributed by atoms with van der Waals surface area (Å²) < 4.78 is 13.0. The summed E-state index contributed by atoms with van der Waals surface area (Å²) in [5, 5.41) is 0.939. The van der Waals surface area contributed by atoms with Crippen molar-refractivity contribution in [1.82, 2.24) is 0 Å². The molecule has 1 unspecified atom stereocenters. The molecule has 0 amide bonds. The summed E-state index contributed by atoms with van der Waals surface area (Å²) in [6.45, 7) is 3.95. The van der Waals surface area contributed by atoms with Gasteiger partial charge in [-0.2, -0.15) is 0 Å². The number of benzene rings is 1. The lowest BCUT2D eigenvalue weighted by atomic mass is 9.97. The Morgan fingerprint density at radius 2 is 2.15 bits per heavy atom. The molecule has 1 aromatic carbocycles. The second-order valence-electron chi connectivity index (χ2n) is 3.27. The number of alkyl halides is 1. The van der Waals surface area contributed by atoms with E-state index in [1.165, 1.54) is 5.56 Å². The summed E-state index contributed by atoms with van der Waals surface area (Å²) in [7, 11) is 0. The van der Waals surface area contributed by atoms with Crippen LogP contribution in [0.5, 0.6) is 0 Å². The molecule has 0 N–H and O–H groups in total. The Bertz CT molecular complexity index is 279. The van der Waals surface area contributed by atoms with E-state index in [1.807, 2.05) is 12.1 Å². The molecule has 0 radical (unpaired) electrons. The number of rotatable bonds is 3. The Kier molecular flexibility index (Phi) is 3.91. The average Bonchev–Trinajstić information content (AvgIpc) is 2.13. The lowest BCUT2D eigenvalue weighted by Crippen LogP contribution is -1.99. The van der Waals surface area contributed by atoms with Crippen LogP contribution in [0.15, 0.2) is 18.2 Å². The SMILES string of the molecule is CCC(CBr)c1ccc(F)c(C)c1. The fourth-order valence-corrected chi connectivity index (χ4v) is 2.19. The van der Waals surface area contributed by atoms with Crippen molar-refractivity contribution in [1.29, 1.82) is 0 Å². The summed E-state index contributed by atoms with van der Waals surface area (Å²) in [5.74, 6) is 0.382. The molecule has 0 saturated carbocycles. The lowest BCUT2D eigenvalue weighted by Gasteiger charge is -2.12. The molecule has 1 aromatic rings. The van der Waals surface area contributed by atoms with Crippen LogP contribution < -0.4 is 0 Å². The summed E-state index contributed by atoms with van der Waals surface area (Å²) >= 11 is 3.46. The number of aryl methyl sites for hydroxylation is 1. The maximum atomic E-state index is 13.0. The van der Waals surface area contributed by atoms with Gasteiger partial charge in [0.15, 0.2) is 0 Å². The van der Waals surface area contributed by atoms with Gasteiger partial charge in [0.2, 0.25) is 0 Å². The molecule has 0 spiro atoms. The van der Waals surface area contributed by atoms with Gasteiger partial charge in [0.1, 0.15) is 5.82 Å². The molecule has 1 atom stereocenters. The largest absolute Gasteiger partial charge is 0.207 e. The van der Waals surface area contributed by atoms with Crippen molar-refractivity contribution < 1.29 is 4.39 Å². The van der Waals surface area contributed by atoms with Gasteiger partial charge in [-0.05, 0) is 36.5 Å². The molecule has 0 aliphatic rings. The van der Waals surface area contributed by atoms with Crippen LogP contribution in [0.25, 0.3) is 0 Å². The van der Waals surface area contributed by atoms with Gasteiger partial charge in [0, 0.05) is 5.33 Å². The van der Waals surface area contributed by atoms with E-state index in [1.54, 1.807) is 13.0 Å². The fraction of sp³-hybridized carbons (Fsp3) is 0.455. The van der Waals surface area contributed by atoms with Crippen molar-refractivity contribution in [2.75, 3.05) is 5.33 Å². The fourth-order valence-electron chi connectivity index (χ4n) is 1.36. The minimum Gasteiger partial charge on any atom is -0.207 e. The zero-order valence-electron chi connectivity index (χ0n) is 7.98.